The van der Waals surface area contributed by atoms with E-state index >= 15 is 0 Å². The molecule has 1 aromatic rings. The van der Waals surface area contributed by atoms with Crippen molar-refractivity contribution in [3.05, 3.63) is 12.0 Å². The smallest absolute Gasteiger partial charge is 0.410 e. The zero-order chi connectivity index (χ0) is 13.3. The molecule has 0 saturated heterocycles. The maximum absolute atomic E-state index is 11.6. The van der Waals surface area contributed by atoms with E-state index in [2.05, 4.69) is 25.6 Å². The minimum atomic E-state index is -0.692. The summed E-state index contributed by atoms with van der Waals surface area (Å²) in [4.78, 5) is 22.5. The fourth-order valence-corrected chi connectivity index (χ4v) is 1.63. The van der Waals surface area contributed by atoms with Gasteiger partial charge in [0, 0.05) is 0 Å². The van der Waals surface area contributed by atoms with E-state index < -0.39 is 18.0 Å². The summed E-state index contributed by atoms with van der Waals surface area (Å²) in [7, 11) is 0. The molecule has 1 atom stereocenters. The minimum absolute atomic E-state index is 0.252. The summed E-state index contributed by atoms with van der Waals surface area (Å²) < 4.78 is 5.11. The van der Waals surface area contributed by atoms with Crippen LogP contribution in [-0.4, -0.2) is 33.1 Å². The van der Waals surface area contributed by atoms with Crippen LogP contribution in [0.3, 0.4) is 0 Å². The summed E-state index contributed by atoms with van der Waals surface area (Å²) in [6.07, 6.45) is 0.223. The molecule has 1 amide bonds. The van der Waals surface area contributed by atoms with Crippen LogP contribution >= 0.6 is 11.6 Å². The van der Waals surface area contributed by atoms with Gasteiger partial charge < -0.3 is 15.0 Å². The predicted octanol–water partition coefficient (Wildman–Crippen LogP) is 1.63. The number of nitrogens with zero attached hydrogens (tertiary/aromatic N) is 2. The number of carbonyl (C=O) groups excluding carboxylic acids is 1. The Morgan fingerprint density at radius 2 is 2.28 bits per heavy atom. The van der Waals surface area contributed by atoms with Gasteiger partial charge in [-0.15, -0.1) is 0 Å². The highest BCUT2D eigenvalue weighted by Crippen LogP contribution is 2.19. The Kier molecular flexibility index (Phi) is 3.16. The second-order valence-corrected chi connectivity index (χ2v) is 5.10. The number of nitrogens with one attached hydrogen (secondary N) is 3. The molecule has 0 aromatic carbocycles. The molecule has 0 fully saturated rings. The van der Waals surface area contributed by atoms with E-state index in [9.17, 15) is 4.79 Å². The molecule has 98 valence electrons. The first-order valence-electron chi connectivity index (χ1n) is 5.38. The fraction of sp³-hybridized carbons (Fsp3) is 0.500. The van der Waals surface area contributed by atoms with E-state index in [1.54, 1.807) is 20.8 Å². The van der Waals surface area contributed by atoms with Crippen molar-refractivity contribution in [3.63, 3.8) is 0 Å². The first-order chi connectivity index (χ1) is 8.35. The number of rotatable bonds is 1. The fourth-order valence-electron chi connectivity index (χ4n) is 1.39. The molecule has 1 unspecified atom stereocenters. The molecule has 0 radical (unpaired) electrons. The third-order valence-electron chi connectivity index (χ3n) is 2.01. The zero-order valence-corrected chi connectivity index (χ0v) is 11.0. The molecule has 2 rings (SSSR count). The Bertz CT molecular complexity index is 491. The molecule has 0 saturated carbocycles. The number of amides is 1. The maximum atomic E-state index is 11.6. The van der Waals surface area contributed by atoms with Crippen molar-refractivity contribution in [1.82, 2.24) is 15.3 Å². The number of anilines is 1. The summed E-state index contributed by atoms with van der Waals surface area (Å²) in [5.74, 6) is 0.538. The molecule has 0 spiro atoms. The van der Waals surface area contributed by atoms with Gasteiger partial charge in [-0.25, -0.2) is 14.8 Å². The molecule has 8 heteroatoms. The summed E-state index contributed by atoms with van der Waals surface area (Å²) in [6.45, 7) is 5.34. The largest absolute Gasteiger partial charge is 0.444 e. The molecule has 2 heterocycles. The van der Waals surface area contributed by atoms with E-state index in [1.165, 1.54) is 6.33 Å². The molecule has 1 aromatic heterocycles. The third kappa shape index (κ3) is 2.92. The standard InChI is InChI=1S/C10H14ClN5O2/c1-10(2,3)18-9(17)16-8-14-6(11)5-7(15-8)13-4-12-5/h4,8,15H,1-3H3,(H,12,13)(H,16,17). The van der Waals surface area contributed by atoms with Gasteiger partial charge in [0.1, 0.15) is 11.3 Å². The Morgan fingerprint density at radius 1 is 1.56 bits per heavy atom. The Balaban J connectivity index is 2.01. The summed E-state index contributed by atoms with van der Waals surface area (Å²) in [5, 5.41) is 5.69. The monoisotopic (exact) mass is 271 g/mol. The number of aromatic amines is 1. The summed E-state index contributed by atoms with van der Waals surface area (Å²) in [6, 6.07) is 0. The van der Waals surface area contributed by atoms with Crippen LogP contribution in [0.25, 0.3) is 0 Å². The summed E-state index contributed by atoms with van der Waals surface area (Å²) in [5.41, 5.74) is 0.0305. The third-order valence-corrected chi connectivity index (χ3v) is 2.30. The lowest BCUT2D eigenvalue weighted by Gasteiger charge is -2.24. The number of ether oxygens (including phenoxy) is 1. The summed E-state index contributed by atoms with van der Waals surface area (Å²) >= 11 is 5.95. The van der Waals surface area contributed by atoms with Crippen LogP contribution < -0.4 is 10.6 Å². The number of hydrogen-bond donors (Lipinski definition) is 3. The lowest BCUT2D eigenvalue weighted by molar-refractivity contribution is 0.0512. The van der Waals surface area contributed by atoms with E-state index in [1.807, 2.05) is 0 Å². The zero-order valence-electron chi connectivity index (χ0n) is 10.2. The number of hydrogen-bond acceptors (Lipinski definition) is 5. The van der Waals surface area contributed by atoms with Crippen molar-refractivity contribution in [1.29, 1.82) is 0 Å². The molecule has 3 N–H and O–H groups in total. The van der Waals surface area contributed by atoms with E-state index in [4.69, 9.17) is 16.3 Å². The van der Waals surface area contributed by atoms with Gasteiger partial charge in [0.05, 0.1) is 6.33 Å². The number of carbonyl (C=O) groups is 1. The molecular weight excluding hydrogens is 258 g/mol. The van der Waals surface area contributed by atoms with E-state index in [0.717, 1.165) is 0 Å². The molecule has 0 bridgehead atoms. The molecular formula is C10H14ClN5O2. The molecule has 1 aliphatic heterocycles. The maximum Gasteiger partial charge on any atom is 0.410 e. The Labute approximate surface area is 109 Å². The van der Waals surface area contributed by atoms with Crippen molar-refractivity contribution < 1.29 is 9.53 Å². The molecule has 7 nitrogen and oxygen atoms in total. The van der Waals surface area contributed by atoms with E-state index in [0.29, 0.717) is 11.5 Å². The number of H-pyrrole nitrogens is 1. The average molecular weight is 272 g/mol. The normalized spacial score (nSPS) is 18.4. The van der Waals surface area contributed by atoms with Gasteiger partial charge in [0.25, 0.3) is 0 Å². The molecule has 1 aliphatic rings. The van der Waals surface area contributed by atoms with Gasteiger partial charge in [-0.3, -0.25) is 5.32 Å². The van der Waals surface area contributed by atoms with Gasteiger partial charge >= 0.3 is 6.09 Å². The predicted molar refractivity (Wildman–Crippen MR) is 67.8 cm³/mol. The van der Waals surface area contributed by atoms with Gasteiger partial charge in [0.2, 0.25) is 6.29 Å². The van der Waals surface area contributed by atoms with Crippen molar-refractivity contribution in [3.8, 4) is 0 Å². The number of alkyl carbamates (subject to hydrolysis) is 1. The number of imidazole rings is 1. The van der Waals surface area contributed by atoms with Crippen molar-refractivity contribution >= 4 is 28.7 Å². The first-order valence-corrected chi connectivity index (χ1v) is 5.76. The van der Waals surface area contributed by atoms with Crippen LogP contribution in [0.2, 0.25) is 0 Å². The lowest BCUT2D eigenvalue weighted by Crippen LogP contribution is -2.44. The molecule has 18 heavy (non-hydrogen) atoms. The second-order valence-electron chi connectivity index (χ2n) is 4.74. The van der Waals surface area contributed by atoms with Gasteiger partial charge in [-0.1, -0.05) is 11.6 Å². The first kappa shape index (κ1) is 12.7. The second kappa shape index (κ2) is 4.49. The van der Waals surface area contributed by atoms with Crippen LogP contribution in [0.4, 0.5) is 10.6 Å². The van der Waals surface area contributed by atoms with Crippen LogP contribution in [0.5, 0.6) is 0 Å². The van der Waals surface area contributed by atoms with Gasteiger partial charge in [-0.05, 0) is 20.8 Å². The highest BCUT2D eigenvalue weighted by Gasteiger charge is 2.24. The quantitative estimate of drug-likeness (QED) is 0.724. The number of aliphatic imine (C=N–C) groups is 1. The molecule has 0 aliphatic carbocycles. The van der Waals surface area contributed by atoms with Crippen molar-refractivity contribution in [2.45, 2.75) is 32.7 Å². The van der Waals surface area contributed by atoms with Gasteiger partial charge in [-0.2, -0.15) is 0 Å². The Morgan fingerprint density at radius 3 is 2.94 bits per heavy atom. The Hall–Kier alpha value is -1.76. The highest BCUT2D eigenvalue weighted by atomic mass is 35.5. The van der Waals surface area contributed by atoms with Crippen LogP contribution in [0.15, 0.2) is 11.3 Å². The van der Waals surface area contributed by atoms with Crippen LogP contribution in [-0.2, 0) is 4.74 Å². The van der Waals surface area contributed by atoms with Crippen LogP contribution in [0.1, 0.15) is 26.5 Å². The minimum Gasteiger partial charge on any atom is -0.444 e. The topological polar surface area (TPSA) is 91.4 Å². The highest BCUT2D eigenvalue weighted by molar-refractivity contribution is 6.70. The number of aromatic nitrogens is 2. The number of fused-ring (bicyclic) bond motifs is 1. The lowest BCUT2D eigenvalue weighted by atomic mass is 10.2. The van der Waals surface area contributed by atoms with Gasteiger partial charge in [0.15, 0.2) is 11.0 Å². The SMILES string of the molecule is CC(C)(C)OC(=O)NC1N=C(Cl)c2[nH]cnc2N1. The number of halogens is 1. The van der Waals surface area contributed by atoms with Crippen LogP contribution in [0, 0.1) is 0 Å². The van der Waals surface area contributed by atoms with E-state index in [-0.39, 0.29) is 5.17 Å². The van der Waals surface area contributed by atoms with Crippen molar-refractivity contribution in [2.75, 3.05) is 5.32 Å². The van der Waals surface area contributed by atoms with Crippen molar-refractivity contribution in [2.24, 2.45) is 4.99 Å². The average Bonchev–Trinajstić information content (AvgIpc) is 2.62.